The predicted octanol–water partition coefficient (Wildman–Crippen LogP) is -0.661. The Labute approximate surface area is 103 Å². The molecule has 0 spiro atoms. The summed E-state index contributed by atoms with van der Waals surface area (Å²) < 4.78 is 26.2. The zero-order valence-corrected chi connectivity index (χ0v) is 9.60. The van der Waals surface area contributed by atoms with E-state index >= 15 is 0 Å². The van der Waals surface area contributed by atoms with Crippen LogP contribution in [0, 0.1) is 11.3 Å². The van der Waals surface area contributed by atoms with E-state index in [0.717, 1.165) is 4.90 Å². The van der Waals surface area contributed by atoms with E-state index in [1.807, 2.05) is 0 Å². The molecule has 0 aromatic heterocycles. The van der Waals surface area contributed by atoms with Crippen LogP contribution in [0.2, 0.25) is 0 Å². The largest absolute Gasteiger partial charge is 0.370 e. The third kappa shape index (κ3) is 3.37. The lowest BCUT2D eigenvalue weighted by Gasteiger charge is -2.22. The highest BCUT2D eigenvalue weighted by Crippen LogP contribution is 2.32. The fraction of sp³-hybridized carbons (Fsp3) is 0.700. The Kier molecular flexibility index (Phi) is 4.19. The molecule has 6 nitrogen and oxygen atoms in total. The van der Waals surface area contributed by atoms with E-state index in [-0.39, 0.29) is 12.8 Å². The van der Waals surface area contributed by atoms with Crippen molar-refractivity contribution in [3.8, 4) is 6.07 Å². The van der Waals surface area contributed by atoms with Crippen molar-refractivity contribution in [2.75, 3.05) is 6.54 Å². The van der Waals surface area contributed by atoms with Crippen LogP contribution in [0.1, 0.15) is 19.3 Å². The quantitative estimate of drug-likeness (QED) is 0.698. The molecular weight excluding hydrogens is 246 g/mol. The van der Waals surface area contributed by atoms with Gasteiger partial charge in [0.05, 0.1) is 18.7 Å². The maximum atomic E-state index is 13.1. The van der Waals surface area contributed by atoms with Crippen molar-refractivity contribution in [2.24, 2.45) is 11.5 Å². The lowest BCUT2D eigenvalue weighted by atomic mass is 10.1. The van der Waals surface area contributed by atoms with Gasteiger partial charge in [0.25, 0.3) is 5.92 Å². The van der Waals surface area contributed by atoms with Crippen LogP contribution >= 0.6 is 0 Å². The van der Waals surface area contributed by atoms with E-state index in [0.29, 0.717) is 0 Å². The van der Waals surface area contributed by atoms with Crippen molar-refractivity contribution >= 4 is 11.8 Å². The minimum atomic E-state index is -3.07. The normalized spacial score (nSPS) is 23.4. The molecule has 2 amide bonds. The summed E-state index contributed by atoms with van der Waals surface area (Å²) in [5, 5.41) is 8.73. The van der Waals surface area contributed by atoms with Crippen LogP contribution < -0.4 is 11.5 Å². The van der Waals surface area contributed by atoms with Crippen molar-refractivity contribution in [3.63, 3.8) is 0 Å². The van der Waals surface area contributed by atoms with Crippen LogP contribution in [0.15, 0.2) is 0 Å². The number of nitriles is 1. The molecule has 1 fully saturated rings. The molecule has 4 N–H and O–H groups in total. The lowest BCUT2D eigenvalue weighted by molar-refractivity contribution is -0.134. The van der Waals surface area contributed by atoms with Crippen LogP contribution in [0.25, 0.3) is 0 Å². The van der Waals surface area contributed by atoms with Gasteiger partial charge < -0.3 is 16.4 Å². The molecule has 1 aliphatic heterocycles. The fourth-order valence-corrected chi connectivity index (χ4v) is 1.80. The molecule has 0 aromatic carbocycles. The second kappa shape index (κ2) is 5.27. The van der Waals surface area contributed by atoms with Gasteiger partial charge in [0.15, 0.2) is 0 Å². The maximum Gasteiger partial charge on any atom is 0.268 e. The predicted molar refractivity (Wildman–Crippen MR) is 57.1 cm³/mol. The number of nitrogens with zero attached hydrogens (tertiary/aromatic N) is 2. The van der Waals surface area contributed by atoms with Gasteiger partial charge in [-0.05, 0) is 6.42 Å². The van der Waals surface area contributed by atoms with Crippen LogP contribution in [-0.2, 0) is 9.59 Å². The third-order valence-corrected chi connectivity index (χ3v) is 2.72. The average molecular weight is 260 g/mol. The first kappa shape index (κ1) is 14.3. The molecule has 18 heavy (non-hydrogen) atoms. The van der Waals surface area contributed by atoms with Gasteiger partial charge >= 0.3 is 0 Å². The number of halogens is 2. The van der Waals surface area contributed by atoms with Gasteiger partial charge in [-0.25, -0.2) is 8.78 Å². The van der Waals surface area contributed by atoms with Crippen LogP contribution in [-0.4, -0.2) is 41.3 Å². The first-order valence-corrected chi connectivity index (χ1v) is 5.38. The molecule has 1 unspecified atom stereocenters. The topological polar surface area (TPSA) is 113 Å². The highest BCUT2D eigenvalue weighted by Gasteiger charge is 2.47. The number of primary amides is 1. The Hall–Kier alpha value is -1.75. The second-order valence-corrected chi connectivity index (χ2v) is 4.28. The van der Waals surface area contributed by atoms with Gasteiger partial charge in [-0.1, -0.05) is 0 Å². The molecule has 0 radical (unpaired) electrons. The van der Waals surface area contributed by atoms with E-state index in [1.54, 1.807) is 6.07 Å². The first-order valence-electron chi connectivity index (χ1n) is 5.38. The Morgan fingerprint density at radius 3 is 2.67 bits per heavy atom. The van der Waals surface area contributed by atoms with Crippen LogP contribution in [0.5, 0.6) is 0 Å². The van der Waals surface area contributed by atoms with Gasteiger partial charge in [-0.15, -0.1) is 0 Å². The highest BCUT2D eigenvalue weighted by molar-refractivity contribution is 5.83. The summed E-state index contributed by atoms with van der Waals surface area (Å²) >= 11 is 0. The molecule has 1 saturated heterocycles. The van der Waals surface area contributed by atoms with Gasteiger partial charge in [0.1, 0.15) is 6.04 Å². The Morgan fingerprint density at radius 1 is 1.56 bits per heavy atom. The molecule has 2 atom stereocenters. The molecule has 0 aliphatic carbocycles. The minimum absolute atomic E-state index is 0.0195. The number of likely N-dealkylation sites (tertiary alicyclic amines) is 1. The molecule has 100 valence electrons. The van der Waals surface area contributed by atoms with Gasteiger partial charge in [-0.2, -0.15) is 5.26 Å². The molecule has 1 heterocycles. The van der Waals surface area contributed by atoms with Gasteiger partial charge in [0, 0.05) is 12.8 Å². The number of amides is 2. The van der Waals surface area contributed by atoms with Crippen molar-refractivity contribution in [3.05, 3.63) is 0 Å². The van der Waals surface area contributed by atoms with E-state index in [2.05, 4.69) is 0 Å². The molecule has 0 saturated carbocycles. The number of alkyl halides is 2. The summed E-state index contributed by atoms with van der Waals surface area (Å²) in [6, 6.07) is -0.621. The van der Waals surface area contributed by atoms with Crippen molar-refractivity contribution in [1.29, 1.82) is 5.26 Å². The van der Waals surface area contributed by atoms with E-state index in [4.69, 9.17) is 16.7 Å². The SMILES string of the molecule is N#CC1CC(F)(F)CN1C(=O)[C@@H](N)CCC(N)=O. The van der Waals surface area contributed by atoms with Crippen LogP contribution in [0.4, 0.5) is 8.78 Å². The smallest absolute Gasteiger partial charge is 0.268 e. The summed E-state index contributed by atoms with van der Waals surface area (Å²) in [5.74, 6) is -4.44. The standard InChI is InChI=1S/C10H14F2N4O2/c11-10(12)3-6(4-13)16(5-10)9(18)7(14)1-2-8(15)17/h6-7H,1-3,5,14H2,(H2,15,17)/t6?,7-/m0/s1. The first-order chi connectivity index (χ1) is 8.26. The summed E-state index contributed by atoms with van der Waals surface area (Å²) in [4.78, 5) is 23.1. The molecule has 0 aromatic rings. The number of carbonyl (C=O) groups is 2. The number of nitrogens with two attached hydrogens (primary N) is 2. The Balaban J connectivity index is 2.66. The molecule has 0 bridgehead atoms. The second-order valence-electron chi connectivity index (χ2n) is 4.28. The Morgan fingerprint density at radius 2 is 2.17 bits per heavy atom. The minimum Gasteiger partial charge on any atom is -0.370 e. The maximum absolute atomic E-state index is 13.1. The highest BCUT2D eigenvalue weighted by atomic mass is 19.3. The van der Waals surface area contributed by atoms with E-state index in [1.165, 1.54) is 0 Å². The van der Waals surface area contributed by atoms with E-state index in [9.17, 15) is 18.4 Å². The number of carbonyl (C=O) groups excluding carboxylic acids is 2. The van der Waals surface area contributed by atoms with Gasteiger partial charge in [0.2, 0.25) is 11.8 Å². The summed E-state index contributed by atoms with van der Waals surface area (Å²) in [7, 11) is 0. The zero-order valence-electron chi connectivity index (χ0n) is 9.60. The number of rotatable bonds is 4. The summed E-state index contributed by atoms with van der Waals surface area (Å²) in [6.45, 7) is -0.811. The lowest BCUT2D eigenvalue weighted by Crippen LogP contribution is -2.46. The van der Waals surface area contributed by atoms with Crippen LogP contribution in [0.3, 0.4) is 0 Å². The van der Waals surface area contributed by atoms with Gasteiger partial charge in [-0.3, -0.25) is 9.59 Å². The number of hydrogen-bond acceptors (Lipinski definition) is 4. The Bertz CT molecular complexity index is 394. The van der Waals surface area contributed by atoms with Crippen molar-refractivity contribution < 1.29 is 18.4 Å². The summed E-state index contributed by atoms with van der Waals surface area (Å²) in [6.07, 6.45) is -0.805. The molecule has 1 rings (SSSR count). The van der Waals surface area contributed by atoms with Crippen molar-refractivity contribution in [1.82, 2.24) is 4.90 Å². The molecule has 1 aliphatic rings. The van der Waals surface area contributed by atoms with Crippen molar-refractivity contribution in [2.45, 2.75) is 37.3 Å². The van der Waals surface area contributed by atoms with E-state index < -0.39 is 42.8 Å². The zero-order chi connectivity index (χ0) is 13.9. The molecular formula is C10H14F2N4O2. The third-order valence-electron chi connectivity index (χ3n) is 2.72. The average Bonchev–Trinajstić information content (AvgIpc) is 2.60. The summed E-state index contributed by atoms with van der Waals surface area (Å²) in [5.41, 5.74) is 10.4. The molecule has 8 heteroatoms. The monoisotopic (exact) mass is 260 g/mol. The fourth-order valence-electron chi connectivity index (χ4n) is 1.80. The number of hydrogen-bond donors (Lipinski definition) is 2.